The second-order valence-electron chi connectivity index (χ2n) is 5.76. The van der Waals surface area contributed by atoms with Gasteiger partial charge in [-0.1, -0.05) is 12.1 Å². The van der Waals surface area contributed by atoms with Gasteiger partial charge in [0, 0.05) is 12.1 Å². The highest BCUT2D eigenvalue weighted by Gasteiger charge is 2.13. The smallest absolute Gasteiger partial charge is 0.251 e. The number of rotatable bonds is 6. The van der Waals surface area contributed by atoms with Gasteiger partial charge in [-0.25, -0.2) is 13.6 Å². The van der Waals surface area contributed by atoms with Crippen LogP contribution in [-0.2, 0) is 15.8 Å². The molecule has 1 heterocycles. The summed E-state index contributed by atoms with van der Waals surface area (Å²) in [7, 11) is -3.54. The SMILES string of the molecule is NS(=O)(=O)Cc1ccc(C(=O)NCCC2CCCNC2)cc1. The summed E-state index contributed by atoms with van der Waals surface area (Å²) in [6.45, 7) is 2.77. The zero-order valence-electron chi connectivity index (χ0n) is 12.5. The van der Waals surface area contributed by atoms with Crippen molar-refractivity contribution >= 4 is 15.9 Å². The van der Waals surface area contributed by atoms with Crippen molar-refractivity contribution in [3.05, 3.63) is 35.4 Å². The number of piperidine rings is 1. The number of nitrogens with two attached hydrogens (primary N) is 1. The lowest BCUT2D eigenvalue weighted by Crippen LogP contribution is -2.33. The predicted molar refractivity (Wildman–Crippen MR) is 85.8 cm³/mol. The Bertz CT molecular complexity index is 593. The summed E-state index contributed by atoms with van der Waals surface area (Å²) in [4.78, 5) is 12.0. The zero-order chi connectivity index (χ0) is 16.0. The van der Waals surface area contributed by atoms with Crippen LogP contribution >= 0.6 is 0 Å². The van der Waals surface area contributed by atoms with Crippen molar-refractivity contribution in [1.82, 2.24) is 10.6 Å². The molecule has 0 aromatic heterocycles. The number of carbonyl (C=O) groups excluding carboxylic acids is 1. The van der Waals surface area contributed by atoms with Gasteiger partial charge in [0.2, 0.25) is 10.0 Å². The molecule has 0 saturated carbocycles. The lowest BCUT2D eigenvalue weighted by atomic mass is 9.96. The first-order valence-corrected chi connectivity index (χ1v) is 9.24. The Kier molecular flexibility index (Phi) is 5.93. The maximum Gasteiger partial charge on any atom is 0.251 e. The van der Waals surface area contributed by atoms with Gasteiger partial charge in [0.05, 0.1) is 5.75 Å². The minimum atomic E-state index is -3.54. The molecule has 1 unspecified atom stereocenters. The molecule has 122 valence electrons. The van der Waals surface area contributed by atoms with E-state index in [1.165, 1.54) is 12.8 Å². The molecule has 0 spiro atoms. The van der Waals surface area contributed by atoms with Crippen molar-refractivity contribution in [3.8, 4) is 0 Å². The number of carbonyl (C=O) groups is 1. The molecular weight excluding hydrogens is 302 g/mol. The maximum absolute atomic E-state index is 12.0. The first kappa shape index (κ1) is 16.9. The molecule has 1 aromatic carbocycles. The Morgan fingerprint density at radius 1 is 1.32 bits per heavy atom. The molecule has 7 heteroatoms. The van der Waals surface area contributed by atoms with Crippen LogP contribution in [0.5, 0.6) is 0 Å². The molecule has 0 aliphatic carbocycles. The number of hydrogen-bond acceptors (Lipinski definition) is 4. The molecule has 1 aliphatic heterocycles. The topological polar surface area (TPSA) is 101 Å². The first-order valence-electron chi connectivity index (χ1n) is 7.52. The highest BCUT2D eigenvalue weighted by atomic mass is 32.2. The van der Waals surface area contributed by atoms with Crippen LogP contribution in [-0.4, -0.2) is 34.0 Å². The number of sulfonamides is 1. The Labute approximate surface area is 131 Å². The monoisotopic (exact) mass is 325 g/mol. The van der Waals surface area contributed by atoms with E-state index in [2.05, 4.69) is 10.6 Å². The summed E-state index contributed by atoms with van der Waals surface area (Å²) < 4.78 is 22.0. The summed E-state index contributed by atoms with van der Waals surface area (Å²) in [6.07, 6.45) is 3.39. The van der Waals surface area contributed by atoms with Gasteiger partial charge in [0.25, 0.3) is 5.91 Å². The number of hydrogen-bond donors (Lipinski definition) is 3. The quantitative estimate of drug-likeness (QED) is 0.712. The van der Waals surface area contributed by atoms with E-state index in [1.807, 2.05) is 0 Å². The molecule has 1 atom stereocenters. The summed E-state index contributed by atoms with van der Waals surface area (Å²) >= 11 is 0. The molecule has 1 fully saturated rings. The fourth-order valence-electron chi connectivity index (χ4n) is 2.65. The Hall–Kier alpha value is -1.44. The van der Waals surface area contributed by atoms with Crippen molar-refractivity contribution in [1.29, 1.82) is 0 Å². The molecule has 1 saturated heterocycles. The van der Waals surface area contributed by atoms with Gasteiger partial charge in [-0.15, -0.1) is 0 Å². The van der Waals surface area contributed by atoms with Gasteiger partial charge >= 0.3 is 0 Å². The first-order chi connectivity index (χ1) is 10.4. The van der Waals surface area contributed by atoms with Gasteiger partial charge in [-0.2, -0.15) is 0 Å². The van der Waals surface area contributed by atoms with Crippen molar-refractivity contribution < 1.29 is 13.2 Å². The summed E-state index contributed by atoms with van der Waals surface area (Å²) in [6, 6.07) is 6.48. The van der Waals surface area contributed by atoms with Crippen molar-refractivity contribution in [2.45, 2.75) is 25.0 Å². The molecule has 22 heavy (non-hydrogen) atoms. The molecular formula is C15H23N3O3S. The van der Waals surface area contributed by atoms with Crippen LogP contribution < -0.4 is 15.8 Å². The van der Waals surface area contributed by atoms with E-state index in [1.54, 1.807) is 24.3 Å². The molecule has 1 aromatic rings. The Morgan fingerprint density at radius 3 is 2.64 bits per heavy atom. The fraction of sp³-hybridized carbons (Fsp3) is 0.533. The summed E-state index contributed by atoms with van der Waals surface area (Å²) in [5, 5.41) is 11.3. The number of amides is 1. The molecule has 6 nitrogen and oxygen atoms in total. The minimum absolute atomic E-state index is 0.133. The van der Waals surface area contributed by atoms with Crippen molar-refractivity contribution in [2.24, 2.45) is 11.1 Å². The van der Waals surface area contributed by atoms with E-state index < -0.39 is 10.0 Å². The number of nitrogens with one attached hydrogen (secondary N) is 2. The lowest BCUT2D eigenvalue weighted by molar-refractivity contribution is 0.0950. The van der Waals surface area contributed by atoms with Crippen LogP contribution in [0.25, 0.3) is 0 Å². The zero-order valence-corrected chi connectivity index (χ0v) is 13.4. The highest BCUT2D eigenvalue weighted by Crippen LogP contribution is 2.13. The predicted octanol–water partition coefficient (Wildman–Crippen LogP) is 0.595. The average Bonchev–Trinajstić information content (AvgIpc) is 2.47. The van der Waals surface area contributed by atoms with E-state index in [0.717, 1.165) is 19.5 Å². The summed E-state index contributed by atoms with van der Waals surface area (Å²) in [5.74, 6) is 0.279. The Morgan fingerprint density at radius 2 is 2.05 bits per heavy atom. The van der Waals surface area contributed by atoms with Crippen LogP contribution in [0.4, 0.5) is 0 Å². The largest absolute Gasteiger partial charge is 0.352 e. The van der Waals surface area contributed by atoms with E-state index in [-0.39, 0.29) is 11.7 Å². The molecule has 0 radical (unpaired) electrons. The summed E-state index contributed by atoms with van der Waals surface area (Å²) in [5.41, 5.74) is 1.10. The van der Waals surface area contributed by atoms with E-state index >= 15 is 0 Å². The highest BCUT2D eigenvalue weighted by molar-refractivity contribution is 7.88. The van der Waals surface area contributed by atoms with Crippen LogP contribution in [0.15, 0.2) is 24.3 Å². The molecule has 0 bridgehead atoms. The Balaban J connectivity index is 1.79. The third kappa shape index (κ3) is 5.75. The number of benzene rings is 1. The van der Waals surface area contributed by atoms with Crippen molar-refractivity contribution in [2.75, 3.05) is 19.6 Å². The molecule has 1 aliphatic rings. The van der Waals surface area contributed by atoms with Gasteiger partial charge < -0.3 is 10.6 Å². The standard InChI is InChI=1S/C15H23N3O3S/c16-22(20,21)11-13-3-5-14(6-4-13)15(19)18-9-7-12-2-1-8-17-10-12/h3-6,12,17H,1-2,7-11H2,(H,18,19)(H2,16,20,21). The van der Waals surface area contributed by atoms with Crippen LogP contribution in [0.2, 0.25) is 0 Å². The van der Waals surface area contributed by atoms with Crippen molar-refractivity contribution in [3.63, 3.8) is 0 Å². The van der Waals surface area contributed by atoms with E-state index in [9.17, 15) is 13.2 Å². The fourth-order valence-corrected chi connectivity index (χ4v) is 3.30. The second kappa shape index (κ2) is 7.71. The molecule has 2 rings (SSSR count). The molecule has 1 amide bonds. The third-order valence-electron chi connectivity index (χ3n) is 3.82. The normalized spacial score (nSPS) is 18.9. The molecule has 4 N–H and O–H groups in total. The van der Waals surface area contributed by atoms with E-state index in [4.69, 9.17) is 5.14 Å². The van der Waals surface area contributed by atoms with Gasteiger partial charge in [0.1, 0.15) is 0 Å². The lowest BCUT2D eigenvalue weighted by Gasteiger charge is -2.22. The third-order valence-corrected chi connectivity index (χ3v) is 4.56. The number of primary sulfonamides is 1. The second-order valence-corrected chi connectivity index (χ2v) is 7.38. The van der Waals surface area contributed by atoms with Crippen LogP contribution in [0.1, 0.15) is 35.2 Å². The van der Waals surface area contributed by atoms with Gasteiger partial charge in [-0.05, 0) is 56.0 Å². The minimum Gasteiger partial charge on any atom is -0.352 e. The maximum atomic E-state index is 12.0. The van der Waals surface area contributed by atoms with E-state index in [0.29, 0.717) is 23.6 Å². The van der Waals surface area contributed by atoms with Crippen LogP contribution in [0, 0.1) is 5.92 Å². The average molecular weight is 325 g/mol. The van der Waals surface area contributed by atoms with Crippen LogP contribution in [0.3, 0.4) is 0 Å². The van der Waals surface area contributed by atoms with Gasteiger partial charge in [-0.3, -0.25) is 4.79 Å². The van der Waals surface area contributed by atoms with Gasteiger partial charge in [0.15, 0.2) is 0 Å².